The predicted octanol–water partition coefficient (Wildman–Crippen LogP) is 3.67. The van der Waals surface area contributed by atoms with Crippen molar-refractivity contribution in [2.45, 2.75) is 63.5 Å². The molecule has 3 atom stereocenters. The lowest BCUT2D eigenvalue weighted by atomic mass is 9.97. The molecule has 3 rings (SSSR count). The Kier molecular flexibility index (Phi) is 3.99. The first kappa shape index (κ1) is 16.8. The zero-order valence-corrected chi connectivity index (χ0v) is 13.7. The van der Waals surface area contributed by atoms with Gasteiger partial charge in [0.05, 0.1) is 6.61 Å². The average Bonchev–Trinajstić information content (AvgIpc) is 3.00. The molecule has 0 amide bonds. The smallest absolute Gasteiger partial charge is 0.304 e. The van der Waals surface area contributed by atoms with Gasteiger partial charge in [-0.1, -0.05) is 30.3 Å². The second kappa shape index (κ2) is 5.48. The fourth-order valence-electron chi connectivity index (χ4n) is 2.99. The second-order valence-corrected chi connectivity index (χ2v) is 6.88. The van der Waals surface area contributed by atoms with Crippen molar-refractivity contribution in [2.75, 3.05) is 6.61 Å². The molecule has 6 heteroatoms. The van der Waals surface area contributed by atoms with Crippen molar-refractivity contribution >= 4 is 0 Å². The van der Waals surface area contributed by atoms with Crippen LogP contribution in [0, 0.1) is 0 Å². The molecule has 2 aliphatic heterocycles. The van der Waals surface area contributed by atoms with Gasteiger partial charge in [0.25, 0.3) is 0 Å². The third-order valence-electron chi connectivity index (χ3n) is 4.04. The lowest BCUT2D eigenvalue weighted by Crippen LogP contribution is -2.49. The van der Waals surface area contributed by atoms with Crippen LogP contribution < -0.4 is 0 Å². The van der Waals surface area contributed by atoms with Crippen LogP contribution in [0.3, 0.4) is 0 Å². The van der Waals surface area contributed by atoms with Crippen molar-refractivity contribution in [1.29, 1.82) is 0 Å². The summed E-state index contributed by atoms with van der Waals surface area (Å²) in [6.45, 7) is 6.33. The third kappa shape index (κ3) is 3.26. The molecule has 1 aromatic carbocycles. The fourth-order valence-corrected chi connectivity index (χ4v) is 2.99. The van der Waals surface area contributed by atoms with E-state index in [-0.39, 0.29) is 6.61 Å². The highest BCUT2D eigenvalue weighted by atomic mass is 19.3. The number of halogens is 2. The average molecular weight is 328 g/mol. The van der Waals surface area contributed by atoms with Gasteiger partial charge in [-0.2, -0.15) is 0 Å². The van der Waals surface area contributed by atoms with E-state index in [1.54, 1.807) is 52.0 Å². The maximum absolute atomic E-state index is 15.0. The van der Waals surface area contributed by atoms with Crippen LogP contribution in [-0.4, -0.2) is 36.3 Å². The van der Waals surface area contributed by atoms with Crippen molar-refractivity contribution in [1.82, 2.24) is 0 Å². The van der Waals surface area contributed by atoms with E-state index in [9.17, 15) is 0 Å². The summed E-state index contributed by atoms with van der Waals surface area (Å²) in [5.74, 6) is -5.36. The minimum atomic E-state index is -3.25. The Labute approximate surface area is 134 Å². The monoisotopic (exact) mass is 328 g/mol. The van der Waals surface area contributed by atoms with Gasteiger partial charge in [-0.15, -0.1) is 0 Å². The molecule has 0 spiro atoms. The SMILES string of the molecule is CC1(C)O[C@@H](C(F)(F)[C@H]2COC(C)(C)O2)[C@H](c2ccccc2)O1. The Morgan fingerprint density at radius 2 is 1.61 bits per heavy atom. The van der Waals surface area contributed by atoms with Gasteiger partial charge < -0.3 is 18.9 Å². The molecule has 2 aliphatic rings. The van der Waals surface area contributed by atoms with Crippen LogP contribution in [0.25, 0.3) is 0 Å². The van der Waals surface area contributed by atoms with Crippen molar-refractivity contribution in [3.05, 3.63) is 35.9 Å². The van der Waals surface area contributed by atoms with E-state index in [1.165, 1.54) is 0 Å². The maximum atomic E-state index is 15.0. The van der Waals surface area contributed by atoms with E-state index in [1.807, 2.05) is 6.07 Å². The first-order valence-electron chi connectivity index (χ1n) is 7.71. The molecule has 0 bridgehead atoms. The van der Waals surface area contributed by atoms with Crippen molar-refractivity contribution < 1.29 is 27.7 Å². The van der Waals surface area contributed by atoms with Gasteiger partial charge >= 0.3 is 5.92 Å². The minimum Gasteiger partial charge on any atom is -0.348 e. The first-order valence-corrected chi connectivity index (χ1v) is 7.71. The highest BCUT2D eigenvalue weighted by Gasteiger charge is 2.61. The molecule has 0 aliphatic carbocycles. The minimum absolute atomic E-state index is 0.179. The van der Waals surface area contributed by atoms with E-state index in [0.717, 1.165) is 0 Å². The number of rotatable bonds is 3. The fraction of sp³-hybridized carbons (Fsp3) is 0.647. The van der Waals surface area contributed by atoms with Gasteiger partial charge in [0, 0.05) is 0 Å². The molecule has 2 saturated heterocycles. The quantitative estimate of drug-likeness (QED) is 0.848. The Bertz CT molecular complexity index is 559. The molecule has 2 heterocycles. The molecule has 0 unspecified atom stereocenters. The topological polar surface area (TPSA) is 36.9 Å². The summed E-state index contributed by atoms with van der Waals surface area (Å²) in [6, 6.07) is 8.92. The summed E-state index contributed by atoms with van der Waals surface area (Å²) >= 11 is 0. The van der Waals surface area contributed by atoms with Gasteiger partial charge in [-0.05, 0) is 33.3 Å². The van der Waals surface area contributed by atoms with Crippen LogP contribution in [0.1, 0.15) is 39.4 Å². The Hall–Kier alpha value is -1.08. The summed E-state index contributed by atoms with van der Waals surface area (Å²) in [7, 11) is 0. The normalized spacial score (nSPS) is 33.0. The zero-order chi connectivity index (χ0) is 16.9. The molecule has 1 aromatic rings. The number of ether oxygens (including phenoxy) is 4. The molecule has 2 fully saturated rings. The van der Waals surface area contributed by atoms with Gasteiger partial charge in [0.2, 0.25) is 0 Å². The van der Waals surface area contributed by atoms with E-state index in [2.05, 4.69) is 0 Å². The molecule has 0 N–H and O–H groups in total. The summed E-state index contributed by atoms with van der Waals surface area (Å²) in [6.07, 6.45) is -3.68. The van der Waals surface area contributed by atoms with E-state index in [0.29, 0.717) is 5.56 Å². The molecular formula is C17H22F2O4. The van der Waals surface area contributed by atoms with Crippen molar-refractivity contribution in [3.63, 3.8) is 0 Å². The molecule has 4 nitrogen and oxygen atoms in total. The largest absolute Gasteiger partial charge is 0.348 e. The van der Waals surface area contributed by atoms with Gasteiger partial charge in [0.1, 0.15) is 6.10 Å². The summed E-state index contributed by atoms with van der Waals surface area (Å²) in [5, 5.41) is 0. The molecule has 23 heavy (non-hydrogen) atoms. The Morgan fingerprint density at radius 1 is 0.957 bits per heavy atom. The van der Waals surface area contributed by atoms with Crippen LogP contribution in [0.2, 0.25) is 0 Å². The number of hydrogen-bond acceptors (Lipinski definition) is 4. The molecule has 0 radical (unpaired) electrons. The lowest BCUT2D eigenvalue weighted by molar-refractivity contribution is -0.230. The van der Waals surface area contributed by atoms with E-state index in [4.69, 9.17) is 18.9 Å². The summed E-state index contributed by atoms with van der Waals surface area (Å²) in [4.78, 5) is 0. The van der Waals surface area contributed by atoms with Crippen molar-refractivity contribution in [2.24, 2.45) is 0 Å². The lowest BCUT2D eigenvalue weighted by Gasteiger charge is -2.30. The molecule has 128 valence electrons. The number of hydrogen-bond donors (Lipinski definition) is 0. The molecule has 0 saturated carbocycles. The maximum Gasteiger partial charge on any atom is 0.304 e. The first-order chi connectivity index (χ1) is 10.6. The van der Waals surface area contributed by atoms with Crippen LogP contribution in [0.15, 0.2) is 30.3 Å². The standard InChI is InChI=1S/C17H22F2O4/c1-15(2)20-10-12(21-15)17(18,19)14-13(22-16(3,4)23-14)11-8-6-5-7-9-11/h5-9,12-14H,10H2,1-4H3/t12-,13+,14-/m1/s1. The third-order valence-corrected chi connectivity index (χ3v) is 4.04. The van der Waals surface area contributed by atoms with E-state index < -0.39 is 35.8 Å². The van der Waals surface area contributed by atoms with Gasteiger partial charge in [-0.25, -0.2) is 8.78 Å². The van der Waals surface area contributed by atoms with Crippen LogP contribution in [-0.2, 0) is 18.9 Å². The highest BCUT2D eigenvalue weighted by molar-refractivity contribution is 5.21. The number of alkyl halides is 2. The van der Waals surface area contributed by atoms with Gasteiger partial charge in [-0.3, -0.25) is 0 Å². The van der Waals surface area contributed by atoms with E-state index >= 15 is 8.78 Å². The summed E-state index contributed by atoms with van der Waals surface area (Å²) in [5.41, 5.74) is 0.654. The predicted molar refractivity (Wildman–Crippen MR) is 79.1 cm³/mol. The van der Waals surface area contributed by atoms with Crippen LogP contribution in [0.5, 0.6) is 0 Å². The molecule has 0 aromatic heterocycles. The van der Waals surface area contributed by atoms with Crippen LogP contribution in [0.4, 0.5) is 8.78 Å². The summed E-state index contributed by atoms with van der Waals surface area (Å²) < 4.78 is 52.1. The van der Waals surface area contributed by atoms with Crippen molar-refractivity contribution in [3.8, 4) is 0 Å². The highest BCUT2D eigenvalue weighted by Crippen LogP contribution is 2.47. The van der Waals surface area contributed by atoms with Gasteiger partial charge in [0.15, 0.2) is 23.8 Å². The van der Waals surface area contributed by atoms with Crippen LogP contribution >= 0.6 is 0 Å². The number of benzene rings is 1. The second-order valence-electron chi connectivity index (χ2n) is 6.88. The Morgan fingerprint density at radius 3 is 2.17 bits per heavy atom. The zero-order valence-electron chi connectivity index (χ0n) is 13.7. The Balaban J connectivity index is 1.89. The molecular weight excluding hydrogens is 306 g/mol.